The maximum absolute atomic E-state index is 2.50. The van der Waals surface area contributed by atoms with Crippen LogP contribution in [-0.2, 0) is 0 Å². The molecule has 1 aromatic rings. The third kappa shape index (κ3) is 1.93. The van der Waals surface area contributed by atoms with Crippen molar-refractivity contribution in [2.45, 2.75) is 38.5 Å². The molecule has 0 N–H and O–H groups in total. The van der Waals surface area contributed by atoms with E-state index in [2.05, 4.69) is 36.4 Å². The van der Waals surface area contributed by atoms with Crippen LogP contribution in [0.3, 0.4) is 0 Å². The average Bonchev–Trinajstić information content (AvgIpc) is 2.39. The lowest BCUT2D eigenvalue weighted by molar-refractivity contribution is 0.235. The third-order valence-electron chi connectivity index (χ3n) is 4.36. The van der Waals surface area contributed by atoms with Crippen molar-refractivity contribution in [3.05, 3.63) is 42.0 Å². The van der Waals surface area contributed by atoms with Gasteiger partial charge in [-0.2, -0.15) is 0 Å². The van der Waals surface area contributed by atoms with Crippen molar-refractivity contribution in [2.75, 3.05) is 0 Å². The number of allylic oxidation sites excluding steroid dienone is 2. The molecule has 0 saturated heterocycles. The van der Waals surface area contributed by atoms with Gasteiger partial charge in [0.1, 0.15) is 0 Å². The molecule has 1 saturated carbocycles. The number of hydrogen-bond acceptors (Lipinski definition) is 0. The zero-order valence-corrected chi connectivity index (χ0v) is 9.86. The minimum Gasteiger partial charge on any atom is -0.0804 e. The quantitative estimate of drug-likeness (QED) is 0.634. The second-order valence-corrected chi connectivity index (χ2v) is 5.34. The van der Waals surface area contributed by atoms with Crippen molar-refractivity contribution >= 4 is 5.57 Å². The first-order valence-corrected chi connectivity index (χ1v) is 6.68. The van der Waals surface area contributed by atoms with E-state index in [-0.39, 0.29) is 0 Å². The Morgan fingerprint density at radius 1 is 0.875 bits per heavy atom. The van der Waals surface area contributed by atoms with Crippen molar-refractivity contribution < 1.29 is 0 Å². The monoisotopic (exact) mass is 212 g/mol. The van der Waals surface area contributed by atoms with E-state index in [0.717, 1.165) is 11.8 Å². The molecule has 16 heavy (non-hydrogen) atoms. The summed E-state index contributed by atoms with van der Waals surface area (Å²) in [6.45, 7) is 0. The second kappa shape index (κ2) is 4.45. The zero-order valence-electron chi connectivity index (χ0n) is 9.86. The maximum Gasteiger partial charge on any atom is -0.0228 e. The summed E-state index contributed by atoms with van der Waals surface area (Å²) >= 11 is 0. The summed E-state index contributed by atoms with van der Waals surface area (Å²) < 4.78 is 0. The Morgan fingerprint density at radius 3 is 2.44 bits per heavy atom. The van der Waals surface area contributed by atoms with Crippen LogP contribution in [0.25, 0.3) is 5.57 Å². The maximum atomic E-state index is 2.50. The number of hydrogen-bond donors (Lipinski definition) is 0. The van der Waals surface area contributed by atoms with Gasteiger partial charge in [0, 0.05) is 0 Å². The number of benzene rings is 1. The van der Waals surface area contributed by atoms with Gasteiger partial charge in [0.05, 0.1) is 0 Å². The first kappa shape index (κ1) is 10.1. The number of rotatable bonds is 1. The van der Waals surface area contributed by atoms with Crippen LogP contribution < -0.4 is 0 Å². The number of fused-ring (bicyclic) bond motifs is 1. The van der Waals surface area contributed by atoms with Crippen LogP contribution in [0.2, 0.25) is 0 Å². The highest BCUT2D eigenvalue weighted by molar-refractivity contribution is 5.66. The van der Waals surface area contributed by atoms with Gasteiger partial charge in [0.2, 0.25) is 0 Å². The smallest absolute Gasteiger partial charge is 0.0228 e. The molecule has 2 aliphatic rings. The largest absolute Gasteiger partial charge is 0.0804 e. The van der Waals surface area contributed by atoms with Gasteiger partial charge in [-0.1, -0.05) is 49.2 Å². The van der Waals surface area contributed by atoms with Gasteiger partial charge < -0.3 is 0 Å². The van der Waals surface area contributed by atoms with E-state index in [9.17, 15) is 0 Å². The van der Waals surface area contributed by atoms with E-state index in [0.29, 0.717) is 0 Å². The Balaban J connectivity index is 1.81. The van der Waals surface area contributed by atoms with Crippen LogP contribution in [-0.4, -0.2) is 0 Å². The lowest BCUT2D eigenvalue weighted by Crippen LogP contribution is -2.22. The molecule has 3 rings (SSSR count). The van der Waals surface area contributed by atoms with Gasteiger partial charge >= 0.3 is 0 Å². The lowest BCUT2D eigenvalue weighted by Gasteiger charge is -2.35. The van der Waals surface area contributed by atoms with Crippen molar-refractivity contribution in [3.63, 3.8) is 0 Å². The molecule has 0 amide bonds. The predicted molar refractivity (Wildman–Crippen MR) is 69.1 cm³/mol. The first-order valence-electron chi connectivity index (χ1n) is 6.68. The van der Waals surface area contributed by atoms with Crippen LogP contribution >= 0.6 is 0 Å². The van der Waals surface area contributed by atoms with Crippen molar-refractivity contribution in [1.29, 1.82) is 0 Å². The molecule has 84 valence electrons. The van der Waals surface area contributed by atoms with Gasteiger partial charge in [-0.05, 0) is 48.7 Å². The van der Waals surface area contributed by atoms with Crippen molar-refractivity contribution in [2.24, 2.45) is 11.8 Å². The summed E-state index contributed by atoms with van der Waals surface area (Å²) in [7, 11) is 0. The summed E-state index contributed by atoms with van der Waals surface area (Å²) in [6, 6.07) is 10.9. The van der Waals surface area contributed by atoms with Gasteiger partial charge in [-0.25, -0.2) is 0 Å². The van der Waals surface area contributed by atoms with Crippen LogP contribution in [0, 0.1) is 11.8 Å². The van der Waals surface area contributed by atoms with Gasteiger partial charge in [0.25, 0.3) is 0 Å². The topological polar surface area (TPSA) is 0 Å². The summed E-state index contributed by atoms with van der Waals surface area (Å²) in [5, 5.41) is 0. The molecule has 0 heterocycles. The molecular weight excluding hydrogens is 192 g/mol. The summed E-state index contributed by atoms with van der Waals surface area (Å²) in [5.41, 5.74) is 3.05. The molecule has 0 nitrogen and oxygen atoms in total. The Labute approximate surface area is 98.4 Å². The Bertz CT molecular complexity index is 374. The van der Waals surface area contributed by atoms with Crippen molar-refractivity contribution in [1.82, 2.24) is 0 Å². The molecule has 1 aromatic carbocycles. The highest BCUT2D eigenvalue weighted by Crippen LogP contribution is 2.42. The fourth-order valence-corrected chi connectivity index (χ4v) is 3.41. The molecule has 1 fully saturated rings. The fourth-order valence-electron chi connectivity index (χ4n) is 3.41. The van der Waals surface area contributed by atoms with Gasteiger partial charge in [-0.15, -0.1) is 0 Å². The van der Waals surface area contributed by atoms with Gasteiger partial charge in [-0.3, -0.25) is 0 Å². The van der Waals surface area contributed by atoms with E-state index in [1.165, 1.54) is 44.1 Å². The van der Waals surface area contributed by atoms with E-state index in [1.807, 2.05) is 0 Å². The van der Waals surface area contributed by atoms with Crippen LogP contribution in [0.1, 0.15) is 44.1 Å². The van der Waals surface area contributed by atoms with E-state index in [1.54, 1.807) is 5.57 Å². The average molecular weight is 212 g/mol. The molecule has 0 bridgehead atoms. The first-order chi connectivity index (χ1) is 7.93. The van der Waals surface area contributed by atoms with Crippen LogP contribution in [0.15, 0.2) is 36.4 Å². The zero-order chi connectivity index (χ0) is 10.8. The molecule has 0 heteroatoms. The molecule has 0 radical (unpaired) electrons. The van der Waals surface area contributed by atoms with E-state index >= 15 is 0 Å². The molecule has 0 aromatic heterocycles. The minimum absolute atomic E-state index is 0.981. The Hall–Kier alpha value is -1.04. The highest BCUT2D eigenvalue weighted by Gasteiger charge is 2.28. The van der Waals surface area contributed by atoms with E-state index < -0.39 is 0 Å². The molecule has 2 aliphatic carbocycles. The summed E-state index contributed by atoms with van der Waals surface area (Å²) in [6.07, 6.45) is 11.0. The molecule has 0 spiro atoms. The third-order valence-corrected chi connectivity index (χ3v) is 4.36. The molecule has 0 unspecified atom stereocenters. The molecule has 0 aliphatic heterocycles. The molecular formula is C16H20. The SMILES string of the molecule is C1=C(c2ccccc2)C[C@H]2CCCC[C@@H]2C1. The predicted octanol–water partition coefficient (Wildman–Crippen LogP) is 4.67. The molecule has 2 atom stereocenters. The van der Waals surface area contributed by atoms with Gasteiger partial charge in [0.15, 0.2) is 0 Å². The fraction of sp³-hybridized carbons (Fsp3) is 0.500. The lowest BCUT2D eigenvalue weighted by atomic mass is 9.70. The highest BCUT2D eigenvalue weighted by atomic mass is 14.3. The normalized spacial score (nSPS) is 29.4. The van der Waals surface area contributed by atoms with Crippen LogP contribution in [0.4, 0.5) is 0 Å². The summed E-state index contributed by atoms with van der Waals surface area (Å²) in [4.78, 5) is 0. The Morgan fingerprint density at radius 2 is 1.62 bits per heavy atom. The van der Waals surface area contributed by atoms with Crippen molar-refractivity contribution in [3.8, 4) is 0 Å². The standard InChI is InChI=1S/C16H20/c1-2-6-13(7-3-1)16-11-10-14-8-4-5-9-15(14)12-16/h1-3,6-7,11,14-15H,4-5,8-10,12H2/t14-,15-/m1/s1. The second-order valence-electron chi connectivity index (χ2n) is 5.34. The Kier molecular flexibility index (Phi) is 2.82. The minimum atomic E-state index is 0.981. The summed E-state index contributed by atoms with van der Waals surface area (Å²) in [5.74, 6) is 1.98. The van der Waals surface area contributed by atoms with E-state index in [4.69, 9.17) is 0 Å². The van der Waals surface area contributed by atoms with Crippen LogP contribution in [0.5, 0.6) is 0 Å².